The van der Waals surface area contributed by atoms with Gasteiger partial charge in [0.1, 0.15) is 0 Å². The highest BCUT2D eigenvalue weighted by atomic mass is 16.3. The van der Waals surface area contributed by atoms with Crippen LogP contribution in [-0.2, 0) is 6.54 Å². The first kappa shape index (κ1) is 14.2. The van der Waals surface area contributed by atoms with Gasteiger partial charge in [-0.15, -0.1) is 0 Å². The van der Waals surface area contributed by atoms with Gasteiger partial charge in [-0.05, 0) is 30.9 Å². The maximum absolute atomic E-state index is 9.95. The molecule has 1 aliphatic rings. The van der Waals surface area contributed by atoms with E-state index in [1.807, 2.05) is 30.3 Å². The molecule has 0 amide bonds. The van der Waals surface area contributed by atoms with Gasteiger partial charge in [0.2, 0.25) is 0 Å². The molecule has 0 aliphatic heterocycles. The quantitative estimate of drug-likeness (QED) is 0.881. The summed E-state index contributed by atoms with van der Waals surface area (Å²) in [4.78, 5) is 1.65. The number of nitrogens with one attached hydrogen (secondary N) is 1. The number of aliphatic hydroxyl groups is 1. The fourth-order valence-electron chi connectivity index (χ4n) is 2.87. The molecule has 1 saturated carbocycles. The molecule has 2 N–H and O–H groups in total. The Bertz CT molecular complexity index is 554. The Kier molecular flexibility index (Phi) is 4.62. The highest BCUT2D eigenvalue weighted by Gasteiger charge is 2.22. The van der Waals surface area contributed by atoms with Gasteiger partial charge in [-0.1, -0.05) is 31.0 Å². The normalized spacial score (nSPS) is 22.3. The van der Waals surface area contributed by atoms with Crippen molar-refractivity contribution in [1.29, 1.82) is 0 Å². The van der Waals surface area contributed by atoms with E-state index in [1.54, 1.807) is 11.0 Å². The van der Waals surface area contributed by atoms with E-state index in [-0.39, 0.29) is 6.10 Å². The van der Waals surface area contributed by atoms with Crippen molar-refractivity contribution in [2.24, 2.45) is 5.92 Å². The van der Waals surface area contributed by atoms with Crippen LogP contribution in [0.4, 0.5) is 0 Å². The predicted octanol–water partition coefficient (Wildman–Crippen LogP) is 1.91. The summed E-state index contributed by atoms with van der Waals surface area (Å²) in [5.41, 5.74) is 1.88. The van der Waals surface area contributed by atoms with Crippen molar-refractivity contribution in [2.45, 2.75) is 38.3 Å². The number of aliphatic hydroxyl groups excluding tert-OH is 1. The number of rotatable bonds is 5. The van der Waals surface area contributed by atoms with Crippen molar-refractivity contribution in [3.63, 3.8) is 0 Å². The number of benzene rings is 1. The number of para-hydroxylation sites is 1. The molecule has 0 bridgehead atoms. The SMILES string of the molecule is OC1CCCCC1CNCc1cnn(-c2ccccc2)n1. The molecule has 0 radical (unpaired) electrons. The Balaban J connectivity index is 1.51. The third-order valence-electron chi connectivity index (χ3n) is 4.11. The van der Waals surface area contributed by atoms with Crippen molar-refractivity contribution >= 4 is 0 Å². The maximum Gasteiger partial charge on any atom is 0.0969 e. The van der Waals surface area contributed by atoms with Gasteiger partial charge in [0, 0.05) is 13.1 Å². The van der Waals surface area contributed by atoms with Crippen LogP contribution >= 0.6 is 0 Å². The number of aromatic nitrogens is 3. The molecular formula is C16H22N4O. The van der Waals surface area contributed by atoms with Gasteiger partial charge in [-0.25, -0.2) is 0 Å². The van der Waals surface area contributed by atoms with Crippen LogP contribution in [0.1, 0.15) is 31.4 Å². The molecule has 2 atom stereocenters. The van der Waals surface area contributed by atoms with E-state index in [2.05, 4.69) is 15.5 Å². The van der Waals surface area contributed by atoms with E-state index >= 15 is 0 Å². The van der Waals surface area contributed by atoms with Crippen LogP contribution < -0.4 is 5.32 Å². The molecule has 1 heterocycles. The molecule has 1 fully saturated rings. The molecule has 112 valence electrons. The standard InChI is InChI=1S/C16H22N4O/c21-16-9-5-4-6-13(16)10-17-11-14-12-18-20(19-14)15-7-2-1-3-8-15/h1-3,7-8,12-13,16-17,21H,4-6,9-11H2. The topological polar surface area (TPSA) is 63.0 Å². The van der Waals surface area contributed by atoms with Gasteiger partial charge < -0.3 is 10.4 Å². The molecule has 5 heteroatoms. The van der Waals surface area contributed by atoms with E-state index in [0.29, 0.717) is 12.5 Å². The minimum atomic E-state index is -0.147. The first-order valence-electron chi connectivity index (χ1n) is 7.68. The molecule has 2 aromatic rings. The lowest BCUT2D eigenvalue weighted by Crippen LogP contribution is -2.33. The van der Waals surface area contributed by atoms with Gasteiger partial charge >= 0.3 is 0 Å². The summed E-state index contributed by atoms with van der Waals surface area (Å²) in [6.45, 7) is 1.54. The third kappa shape index (κ3) is 3.68. The Hall–Kier alpha value is -1.72. The van der Waals surface area contributed by atoms with Gasteiger partial charge in [0.05, 0.1) is 23.7 Å². The third-order valence-corrected chi connectivity index (χ3v) is 4.11. The average Bonchev–Trinajstić information content (AvgIpc) is 2.99. The Morgan fingerprint density at radius 2 is 2.00 bits per heavy atom. The van der Waals surface area contributed by atoms with Crippen LogP contribution in [0, 0.1) is 5.92 Å². The molecule has 1 aromatic carbocycles. The van der Waals surface area contributed by atoms with E-state index in [4.69, 9.17) is 0 Å². The molecule has 5 nitrogen and oxygen atoms in total. The molecule has 3 rings (SSSR count). The lowest BCUT2D eigenvalue weighted by atomic mass is 9.86. The summed E-state index contributed by atoms with van der Waals surface area (Å²) in [7, 11) is 0. The summed E-state index contributed by atoms with van der Waals surface area (Å²) >= 11 is 0. The van der Waals surface area contributed by atoms with Gasteiger partial charge in [-0.3, -0.25) is 0 Å². The average molecular weight is 286 g/mol. The zero-order valence-corrected chi connectivity index (χ0v) is 12.2. The Morgan fingerprint density at radius 1 is 1.19 bits per heavy atom. The van der Waals surface area contributed by atoms with Gasteiger partial charge in [-0.2, -0.15) is 15.0 Å². The zero-order chi connectivity index (χ0) is 14.5. The highest BCUT2D eigenvalue weighted by Crippen LogP contribution is 2.23. The summed E-state index contributed by atoms with van der Waals surface area (Å²) in [6, 6.07) is 9.89. The Labute approximate surface area is 125 Å². The van der Waals surface area contributed by atoms with Crippen LogP contribution in [0.2, 0.25) is 0 Å². The van der Waals surface area contributed by atoms with Crippen LogP contribution in [-0.4, -0.2) is 32.7 Å². The molecule has 21 heavy (non-hydrogen) atoms. The maximum atomic E-state index is 9.95. The second-order valence-corrected chi connectivity index (χ2v) is 5.70. The molecule has 0 saturated heterocycles. The summed E-state index contributed by atoms with van der Waals surface area (Å²) in [6.07, 6.45) is 6.08. The molecule has 0 spiro atoms. The van der Waals surface area contributed by atoms with E-state index in [9.17, 15) is 5.11 Å². The molecule has 2 unspecified atom stereocenters. The molecule has 1 aromatic heterocycles. The second kappa shape index (κ2) is 6.83. The Morgan fingerprint density at radius 3 is 2.81 bits per heavy atom. The number of nitrogens with zero attached hydrogens (tertiary/aromatic N) is 3. The lowest BCUT2D eigenvalue weighted by Gasteiger charge is -2.27. The summed E-state index contributed by atoms with van der Waals surface area (Å²) in [5.74, 6) is 0.378. The first-order chi connectivity index (χ1) is 10.3. The summed E-state index contributed by atoms with van der Waals surface area (Å²) < 4.78 is 0. The van der Waals surface area contributed by atoms with Crippen molar-refractivity contribution < 1.29 is 5.11 Å². The van der Waals surface area contributed by atoms with Crippen molar-refractivity contribution in [1.82, 2.24) is 20.3 Å². The van der Waals surface area contributed by atoms with Crippen molar-refractivity contribution in [3.8, 4) is 5.69 Å². The van der Waals surface area contributed by atoms with E-state index in [0.717, 1.165) is 37.2 Å². The fraction of sp³-hybridized carbons (Fsp3) is 0.500. The fourth-order valence-corrected chi connectivity index (χ4v) is 2.87. The number of hydrogen-bond donors (Lipinski definition) is 2. The van der Waals surface area contributed by atoms with Crippen LogP contribution in [0.15, 0.2) is 36.5 Å². The monoisotopic (exact) mass is 286 g/mol. The lowest BCUT2D eigenvalue weighted by molar-refractivity contribution is 0.0694. The van der Waals surface area contributed by atoms with Crippen LogP contribution in [0.5, 0.6) is 0 Å². The highest BCUT2D eigenvalue weighted by molar-refractivity contribution is 5.28. The second-order valence-electron chi connectivity index (χ2n) is 5.70. The molecule has 1 aliphatic carbocycles. The zero-order valence-electron chi connectivity index (χ0n) is 12.2. The smallest absolute Gasteiger partial charge is 0.0969 e. The first-order valence-corrected chi connectivity index (χ1v) is 7.68. The number of hydrogen-bond acceptors (Lipinski definition) is 4. The van der Waals surface area contributed by atoms with Crippen LogP contribution in [0.25, 0.3) is 5.69 Å². The van der Waals surface area contributed by atoms with Crippen LogP contribution in [0.3, 0.4) is 0 Å². The van der Waals surface area contributed by atoms with Gasteiger partial charge in [0.25, 0.3) is 0 Å². The largest absolute Gasteiger partial charge is 0.393 e. The van der Waals surface area contributed by atoms with Crippen molar-refractivity contribution in [3.05, 3.63) is 42.2 Å². The van der Waals surface area contributed by atoms with Gasteiger partial charge in [0.15, 0.2) is 0 Å². The minimum Gasteiger partial charge on any atom is -0.393 e. The van der Waals surface area contributed by atoms with Crippen molar-refractivity contribution in [2.75, 3.05) is 6.54 Å². The summed E-state index contributed by atoms with van der Waals surface area (Å²) in [5, 5.41) is 22.1. The van der Waals surface area contributed by atoms with E-state index in [1.165, 1.54) is 6.42 Å². The predicted molar refractivity (Wildman–Crippen MR) is 81.0 cm³/mol. The molecular weight excluding hydrogens is 264 g/mol. The van der Waals surface area contributed by atoms with E-state index < -0.39 is 0 Å². The minimum absolute atomic E-state index is 0.147.